The summed E-state index contributed by atoms with van der Waals surface area (Å²) in [6.45, 7) is 0. The van der Waals surface area contributed by atoms with Crippen molar-refractivity contribution in [2.45, 2.75) is 5.88 Å². The molecule has 0 fully saturated rings. The van der Waals surface area contributed by atoms with Gasteiger partial charge in [0.05, 0.1) is 10.0 Å². The van der Waals surface area contributed by atoms with Crippen LogP contribution in [0.15, 0.2) is 36.4 Å². The molecule has 0 heterocycles. The topological polar surface area (TPSA) is 0 Å². The molecule has 0 N–H and O–H groups in total. The second kappa shape index (κ2) is 5.49. The van der Waals surface area contributed by atoms with Gasteiger partial charge in [0.2, 0.25) is 0 Å². The summed E-state index contributed by atoms with van der Waals surface area (Å²) in [4.78, 5) is 0. The van der Waals surface area contributed by atoms with Crippen LogP contribution >= 0.6 is 46.4 Å². The summed E-state index contributed by atoms with van der Waals surface area (Å²) in [5.41, 5.74) is 2.58. The molecule has 2 aromatic rings. The van der Waals surface area contributed by atoms with Crippen molar-refractivity contribution < 1.29 is 0 Å². The molecule has 0 unspecified atom stereocenters. The Hall–Kier alpha value is -0.400. The van der Waals surface area contributed by atoms with Gasteiger partial charge in [0.25, 0.3) is 0 Å². The predicted octanol–water partition coefficient (Wildman–Crippen LogP) is 6.05. The van der Waals surface area contributed by atoms with Gasteiger partial charge in [-0.25, -0.2) is 0 Å². The Kier molecular flexibility index (Phi) is 4.22. The first-order chi connectivity index (χ1) is 8.15. The van der Waals surface area contributed by atoms with Crippen LogP contribution in [-0.2, 0) is 5.88 Å². The van der Waals surface area contributed by atoms with Gasteiger partial charge in [-0.15, -0.1) is 11.6 Å². The van der Waals surface area contributed by atoms with Crippen LogP contribution < -0.4 is 0 Å². The maximum Gasteiger partial charge on any atom is 0.0671 e. The third-order valence-corrected chi connectivity index (χ3v) is 3.89. The molecule has 0 aliphatic heterocycles. The van der Waals surface area contributed by atoms with E-state index < -0.39 is 0 Å². The van der Waals surface area contributed by atoms with Gasteiger partial charge in [-0.2, -0.15) is 0 Å². The van der Waals surface area contributed by atoms with E-state index in [4.69, 9.17) is 46.4 Å². The minimum absolute atomic E-state index is 0.374. The van der Waals surface area contributed by atoms with Gasteiger partial charge in [-0.3, -0.25) is 0 Å². The average Bonchev–Trinajstić information content (AvgIpc) is 2.33. The van der Waals surface area contributed by atoms with Crippen LogP contribution in [0, 0.1) is 0 Å². The maximum absolute atomic E-state index is 6.21. The van der Waals surface area contributed by atoms with Crippen LogP contribution in [0.2, 0.25) is 15.1 Å². The summed E-state index contributed by atoms with van der Waals surface area (Å²) in [5, 5.41) is 1.62. The molecule has 0 saturated heterocycles. The highest BCUT2D eigenvalue weighted by molar-refractivity contribution is 6.44. The van der Waals surface area contributed by atoms with Gasteiger partial charge in [0, 0.05) is 22.0 Å². The van der Waals surface area contributed by atoms with Crippen molar-refractivity contribution in [2.24, 2.45) is 0 Å². The molecule has 0 aliphatic carbocycles. The van der Waals surface area contributed by atoms with E-state index in [0.717, 1.165) is 16.7 Å². The van der Waals surface area contributed by atoms with E-state index in [2.05, 4.69) is 0 Å². The van der Waals surface area contributed by atoms with Crippen molar-refractivity contribution in [2.75, 3.05) is 0 Å². The van der Waals surface area contributed by atoms with Crippen LogP contribution in [0.5, 0.6) is 0 Å². The lowest BCUT2D eigenvalue weighted by Crippen LogP contribution is -1.89. The smallest absolute Gasteiger partial charge is 0.0671 e. The number of benzene rings is 2. The lowest BCUT2D eigenvalue weighted by Gasteiger charge is -2.12. The van der Waals surface area contributed by atoms with Gasteiger partial charge < -0.3 is 0 Å². The van der Waals surface area contributed by atoms with Gasteiger partial charge in [-0.05, 0) is 17.7 Å². The Balaban J connectivity index is 2.72. The molecule has 0 bridgehead atoms. The molecule has 0 saturated carbocycles. The van der Waals surface area contributed by atoms with Crippen LogP contribution in [0.25, 0.3) is 11.1 Å². The van der Waals surface area contributed by atoms with Crippen LogP contribution in [0.4, 0.5) is 0 Å². The summed E-state index contributed by atoms with van der Waals surface area (Å²) < 4.78 is 0. The fourth-order valence-electron chi connectivity index (χ4n) is 1.68. The molecule has 2 rings (SSSR count). The third kappa shape index (κ3) is 2.56. The Bertz CT molecular complexity index is 549. The van der Waals surface area contributed by atoms with Gasteiger partial charge in [0.1, 0.15) is 0 Å². The Morgan fingerprint density at radius 3 is 2.18 bits per heavy atom. The molecule has 0 radical (unpaired) electrons. The zero-order valence-electron chi connectivity index (χ0n) is 8.68. The monoisotopic (exact) mass is 304 g/mol. The van der Waals surface area contributed by atoms with E-state index >= 15 is 0 Å². The van der Waals surface area contributed by atoms with Crippen molar-refractivity contribution in [3.05, 3.63) is 57.0 Å². The number of halogens is 4. The average molecular weight is 306 g/mol. The number of hydrogen-bond acceptors (Lipinski definition) is 0. The second-order valence-electron chi connectivity index (χ2n) is 3.51. The molecule has 0 aliphatic rings. The van der Waals surface area contributed by atoms with Crippen molar-refractivity contribution in [1.82, 2.24) is 0 Å². The molecule has 0 spiro atoms. The van der Waals surface area contributed by atoms with Crippen molar-refractivity contribution in [1.29, 1.82) is 0 Å². The Labute approximate surface area is 120 Å². The molecule has 2 aromatic carbocycles. The fourth-order valence-corrected chi connectivity index (χ4v) is 2.59. The summed E-state index contributed by atoms with van der Waals surface area (Å²) >= 11 is 24.3. The molecule has 17 heavy (non-hydrogen) atoms. The Morgan fingerprint density at radius 1 is 0.824 bits per heavy atom. The van der Waals surface area contributed by atoms with Crippen molar-refractivity contribution >= 4 is 46.4 Å². The minimum atomic E-state index is 0.374. The highest BCUT2D eigenvalue weighted by Gasteiger charge is 2.13. The molecule has 4 heteroatoms. The van der Waals surface area contributed by atoms with Crippen LogP contribution in [0.1, 0.15) is 5.56 Å². The highest BCUT2D eigenvalue weighted by atomic mass is 35.5. The zero-order chi connectivity index (χ0) is 12.4. The van der Waals surface area contributed by atoms with Gasteiger partial charge >= 0.3 is 0 Å². The van der Waals surface area contributed by atoms with E-state index in [1.165, 1.54) is 0 Å². The van der Waals surface area contributed by atoms with E-state index in [-0.39, 0.29) is 0 Å². The van der Waals surface area contributed by atoms with E-state index in [1.807, 2.05) is 30.3 Å². The quantitative estimate of drug-likeness (QED) is 0.592. The first-order valence-corrected chi connectivity index (χ1v) is 6.59. The first kappa shape index (κ1) is 13.0. The minimum Gasteiger partial charge on any atom is -0.122 e. The van der Waals surface area contributed by atoms with Crippen LogP contribution in [0.3, 0.4) is 0 Å². The largest absolute Gasteiger partial charge is 0.122 e. The summed E-state index contributed by atoms with van der Waals surface area (Å²) in [7, 11) is 0. The summed E-state index contributed by atoms with van der Waals surface area (Å²) in [6, 6.07) is 11.1. The molecule has 0 atom stereocenters. The third-order valence-electron chi connectivity index (χ3n) is 2.46. The summed E-state index contributed by atoms with van der Waals surface area (Å²) in [5.74, 6) is 0.374. The highest BCUT2D eigenvalue weighted by Crippen LogP contribution is 2.39. The second-order valence-corrected chi connectivity index (χ2v) is 4.97. The maximum atomic E-state index is 6.21. The van der Waals surface area contributed by atoms with E-state index in [1.54, 1.807) is 6.07 Å². The number of hydrogen-bond donors (Lipinski definition) is 0. The normalized spacial score (nSPS) is 10.6. The SMILES string of the molecule is ClCc1cccc(Cl)c1-c1cccc(Cl)c1Cl. The van der Waals surface area contributed by atoms with Crippen molar-refractivity contribution in [3.8, 4) is 11.1 Å². The first-order valence-electron chi connectivity index (χ1n) is 4.93. The van der Waals surface area contributed by atoms with Gasteiger partial charge in [-0.1, -0.05) is 59.1 Å². The van der Waals surface area contributed by atoms with Crippen LogP contribution in [-0.4, -0.2) is 0 Å². The standard InChI is InChI=1S/C13H8Cl4/c14-7-8-3-1-5-10(15)12(8)9-4-2-6-11(16)13(9)17/h1-6H,7H2. The van der Waals surface area contributed by atoms with E-state index in [9.17, 15) is 0 Å². The molecular formula is C13H8Cl4. The molecule has 0 amide bonds. The van der Waals surface area contributed by atoms with Crippen molar-refractivity contribution in [3.63, 3.8) is 0 Å². The Morgan fingerprint density at radius 2 is 1.47 bits per heavy atom. The molecule has 88 valence electrons. The molecule has 0 aromatic heterocycles. The predicted molar refractivity (Wildman–Crippen MR) is 76.5 cm³/mol. The number of rotatable bonds is 2. The lowest BCUT2D eigenvalue weighted by atomic mass is 10.0. The molecule has 0 nitrogen and oxygen atoms in total. The van der Waals surface area contributed by atoms with E-state index in [0.29, 0.717) is 20.9 Å². The molecular weight excluding hydrogens is 298 g/mol. The number of alkyl halides is 1. The fraction of sp³-hybridized carbons (Fsp3) is 0.0769. The lowest BCUT2D eigenvalue weighted by molar-refractivity contribution is 1.40. The van der Waals surface area contributed by atoms with Gasteiger partial charge in [0.15, 0.2) is 0 Å². The summed E-state index contributed by atoms with van der Waals surface area (Å²) in [6.07, 6.45) is 0. The zero-order valence-corrected chi connectivity index (χ0v) is 11.7.